The fourth-order valence-corrected chi connectivity index (χ4v) is 3.25. The first-order chi connectivity index (χ1) is 13.4. The van der Waals surface area contributed by atoms with Gasteiger partial charge in [-0.05, 0) is 43.7 Å². The molecule has 7 heteroatoms. The van der Waals surface area contributed by atoms with Crippen molar-refractivity contribution in [3.63, 3.8) is 0 Å². The number of hydrogen-bond donors (Lipinski definition) is 1. The van der Waals surface area contributed by atoms with Crippen LogP contribution >= 0.6 is 0 Å². The van der Waals surface area contributed by atoms with Gasteiger partial charge in [-0.2, -0.15) is 5.26 Å². The van der Waals surface area contributed by atoms with E-state index in [-0.39, 0.29) is 12.5 Å². The van der Waals surface area contributed by atoms with E-state index in [0.717, 1.165) is 4.90 Å². The molecule has 1 N–H and O–H groups in total. The summed E-state index contributed by atoms with van der Waals surface area (Å²) in [5.41, 5.74) is 0.430. The lowest BCUT2D eigenvalue weighted by atomic mass is 9.91. The van der Waals surface area contributed by atoms with Crippen LogP contribution in [0.1, 0.15) is 25.0 Å². The summed E-state index contributed by atoms with van der Waals surface area (Å²) in [6.07, 6.45) is 0. The van der Waals surface area contributed by atoms with Gasteiger partial charge in [0.05, 0.1) is 11.6 Å². The minimum absolute atomic E-state index is 0.346. The number of benzene rings is 2. The third-order valence-corrected chi connectivity index (χ3v) is 4.84. The van der Waals surface area contributed by atoms with Crippen molar-refractivity contribution in [1.82, 2.24) is 10.2 Å². The van der Waals surface area contributed by atoms with Gasteiger partial charge in [-0.15, -0.1) is 0 Å². The summed E-state index contributed by atoms with van der Waals surface area (Å²) in [7, 11) is 0. The molecule has 0 radical (unpaired) electrons. The van der Waals surface area contributed by atoms with E-state index >= 15 is 0 Å². The Kier molecular flexibility index (Phi) is 5.14. The second-order valence-electron chi connectivity index (χ2n) is 6.61. The lowest BCUT2D eigenvalue weighted by Crippen LogP contribution is -2.44. The summed E-state index contributed by atoms with van der Waals surface area (Å²) in [5.74, 6) is -0.846. The zero-order valence-electron chi connectivity index (χ0n) is 15.7. The molecule has 2 aromatic carbocycles. The van der Waals surface area contributed by atoms with Gasteiger partial charge in [0.1, 0.15) is 12.1 Å². The molecule has 1 aliphatic heterocycles. The number of para-hydroxylation sites is 1. The van der Waals surface area contributed by atoms with Crippen LogP contribution in [-0.2, 0) is 15.1 Å². The monoisotopic (exact) mass is 376 g/mol. The Labute approximate surface area is 163 Å². The van der Waals surface area contributed by atoms with Gasteiger partial charge in [0.2, 0.25) is 5.91 Å². The molecular formula is C21H20N4O3. The second-order valence-corrected chi connectivity index (χ2v) is 6.61. The second kappa shape index (κ2) is 7.53. The molecule has 1 heterocycles. The number of hydrogen-bond acceptors (Lipinski definition) is 4. The normalized spacial score (nSPS) is 18.5. The minimum atomic E-state index is -1.28. The van der Waals surface area contributed by atoms with Gasteiger partial charge in [0.25, 0.3) is 5.91 Å². The number of anilines is 1. The Bertz CT molecular complexity index is 950. The summed E-state index contributed by atoms with van der Waals surface area (Å²) < 4.78 is 0. The van der Waals surface area contributed by atoms with Crippen LogP contribution in [0.5, 0.6) is 0 Å². The lowest BCUT2D eigenvalue weighted by Gasteiger charge is -2.24. The molecule has 3 rings (SSSR count). The van der Waals surface area contributed by atoms with Crippen molar-refractivity contribution in [3.05, 3.63) is 65.7 Å². The first-order valence-electron chi connectivity index (χ1n) is 8.91. The van der Waals surface area contributed by atoms with Crippen molar-refractivity contribution >= 4 is 23.5 Å². The highest BCUT2D eigenvalue weighted by Crippen LogP contribution is 2.29. The van der Waals surface area contributed by atoms with E-state index in [4.69, 9.17) is 5.26 Å². The number of imide groups is 1. The first kappa shape index (κ1) is 19.1. The maximum absolute atomic E-state index is 13.0. The molecule has 0 bridgehead atoms. The van der Waals surface area contributed by atoms with Crippen LogP contribution in [0.3, 0.4) is 0 Å². The van der Waals surface area contributed by atoms with E-state index in [1.54, 1.807) is 43.3 Å². The summed E-state index contributed by atoms with van der Waals surface area (Å²) >= 11 is 0. The molecule has 7 nitrogen and oxygen atoms in total. The number of nitrogens with one attached hydrogen (secondary N) is 1. The molecule has 0 saturated carbocycles. The number of carbonyl (C=O) groups is 3. The van der Waals surface area contributed by atoms with Crippen LogP contribution in [0.25, 0.3) is 0 Å². The van der Waals surface area contributed by atoms with Crippen molar-refractivity contribution in [2.75, 3.05) is 18.0 Å². The van der Waals surface area contributed by atoms with Crippen molar-refractivity contribution in [2.24, 2.45) is 0 Å². The third kappa shape index (κ3) is 3.32. The third-order valence-electron chi connectivity index (χ3n) is 4.84. The quantitative estimate of drug-likeness (QED) is 0.811. The average Bonchev–Trinajstić information content (AvgIpc) is 2.93. The highest BCUT2D eigenvalue weighted by molar-refractivity contribution is 6.10. The largest absolute Gasteiger partial charge is 0.325 e. The van der Waals surface area contributed by atoms with Crippen molar-refractivity contribution in [2.45, 2.75) is 19.4 Å². The molecule has 28 heavy (non-hydrogen) atoms. The molecule has 0 spiro atoms. The topological polar surface area (TPSA) is 93.5 Å². The number of nitrogens with zero attached hydrogens (tertiary/aromatic N) is 3. The summed E-state index contributed by atoms with van der Waals surface area (Å²) in [6.45, 7) is 3.49. The number of carbonyl (C=O) groups excluding carboxylic acids is 3. The maximum atomic E-state index is 13.0. The van der Waals surface area contributed by atoms with E-state index in [0.29, 0.717) is 23.4 Å². The highest BCUT2D eigenvalue weighted by Gasteiger charge is 2.49. The van der Waals surface area contributed by atoms with Gasteiger partial charge in [-0.25, -0.2) is 4.79 Å². The molecule has 1 atom stereocenters. The molecule has 1 aliphatic rings. The molecule has 1 unspecified atom stereocenters. The SMILES string of the molecule is CCN(C(=O)CN1C(=O)NC(C)(c2ccc(C#N)cc2)C1=O)c1ccccc1. The van der Waals surface area contributed by atoms with Gasteiger partial charge >= 0.3 is 6.03 Å². The number of nitriles is 1. The molecule has 4 amide bonds. The molecule has 0 aliphatic carbocycles. The van der Waals surface area contributed by atoms with Crippen molar-refractivity contribution < 1.29 is 14.4 Å². The average molecular weight is 376 g/mol. The fourth-order valence-electron chi connectivity index (χ4n) is 3.25. The molecule has 2 aromatic rings. The molecule has 142 valence electrons. The Morgan fingerprint density at radius 3 is 2.36 bits per heavy atom. The number of urea groups is 1. The maximum Gasteiger partial charge on any atom is 0.325 e. The Morgan fingerprint density at radius 1 is 1.14 bits per heavy atom. The van der Waals surface area contributed by atoms with Crippen LogP contribution in [0.2, 0.25) is 0 Å². The van der Waals surface area contributed by atoms with Gasteiger partial charge < -0.3 is 10.2 Å². The van der Waals surface area contributed by atoms with Crippen LogP contribution < -0.4 is 10.2 Å². The zero-order valence-corrected chi connectivity index (χ0v) is 15.7. The van der Waals surface area contributed by atoms with Crippen molar-refractivity contribution in [3.8, 4) is 6.07 Å². The van der Waals surface area contributed by atoms with Crippen LogP contribution in [0.4, 0.5) is 10.5 Å². The van der Waals surface area contributed by atoms with Gasteiger partial charge in [0, 0.05) is 12.2 Å². The predicted octanol–water partition coefficient (Wildman–Crippen LogP) is 2.38. The fraction of sp³-hybridized carbons (Fsp3) is 0.238. The Hall–Kier alpha value is -3.66. The van der Waals surface area contributed by atoms with E-state index in [9.17, 15) is 14.4 Å². The number of amides is 4. The summed E-state index contributed by atoms with van der Waals surface area (Å²) in [6, 6.07) is 16.9. The van der Waals surface area contributed by atoms with Crippen molar-refractivity contribution in [1.29, 1.82) is 5.26 Å². The number of rotatable bonds is 5. The van der Waals surface area contributed by atoms with E-state index in [1.165, 1.54) is 4.90 Å². The highest BCUT2D eigenvalue weighted by atomic mass is 16.2. The van der Waals surface area contributed by atoms with Crippen LogP contribution in [0.15, 0.2) is 54.6 Å². The van der Waals surface area contributed by atoms with Crippen LogP contribution in [0, 0.1) is 11.3 Å². The van der Waals surface area contributed by atoms with E-state index in [1.807, 2.05) is 31.2 Å². The standard InChI is InChI=1S/C21H20N4O3/c1-3-24(17-7-5-4-6-8-17)18(26)14-25-19(27)21(2,23-20(25)28)16-11-9-15(13-22)10-12-16/h4-12H,3,14H2,1-2H3,(H,23,28). The molecular weight excluding hydrogens is 356 g/mol. The van der Waals surface area contributed by atoms with E-state index < -0.39 is 17.5 Å². The first-order valence-corrected chi connectivity index (χ1v) is 8.91. The summed E-state index contributed by atoms with van der Waals surface area (Å²) in [4.78, 5) is 40.7. The van der Waals surface area contributed by atoms with Gasteiger partial charge in [-0.1, -0.05) is 30.3 Å². The van der Waals surface area contributed by atoms with Gasteiger partial charge in [0.15, 0.2) is 0 Å². The number of likely N-dealkylation sites (N-methyl/N-ethyl adjacent to an activating group) is 1. The minimum Gasteiger partial charge on any atom is -0.319 e. The van der Waals surface area contributed by atoms with Crippen LogP contribution in [-0.4, -0.2) is 35.8 Å². The lowest BCUT2D eigenvalue weighted by molar-refractivity contribution is -0.134. The smallest absolute Gasteiger partial charge is 0.319 e. The molecule has 1 fully saturated rings. The Balaban J connectivity index is 1.81. The molecule has 0 aromatic heterocycles. The Morgan fingerprint density at radius 2 is 1.79 bits per heavy atom. The summed E-state index contributed by atoms with van der Waals surface area (Å²) in [5, 5.41) is 11.6. The van der Waals surface area contributed by atoms with E-state index in [2.05, 4.69) is 5.32 Å². The molecule has 1 saturated heterocycles. The zero-order chi connectivity index (χ0) is 20.3. The van der Waals surface area contributed by atoms with Gasteiger partial charge in [-0.3, -0.25) is 14.5 Å². The predicted molar refractivity (Wildman–Crippen MR) is 103 cm³/mol.